The Morgan fingerprint density at radius 1 is 1.55 bits per heavy atom. The minimum absolute atomic E-state index is 0.130. The summed E-state index contributed by atoms with van der Waals surface area (Å²) >= 11 is 5.64. The van der Waals surface area contributed by atoms with E-state index in [1.807, 2.05) is 0 Å². The number of hydrogen-bond donors (Lipinski definition) is 1. The molecule has 0 bridgehead atoms. The van der Waals surface area contributed by atoms with Crippen molar-refractivity contribution < 1.29 is 5.11 Å². The zero-order valence-corrected chi connectivity index (χ0v) is 6.47. The number of rotatable bonds is 1. The van der Waals surface area contributed by atoms with Crippen LogP contribution in [0.3, 0.4) is 0 Å². The third-order valence-electron chi connectivity index (χ3n) is 1.29. The first-order chi connectivity index (χ1) is 5.24. The van der Waals surface area contributed by atoms with Crippen molar-refractivity contribution in [3.63, 3.8) is 0 Å². The number of phenols is 1. The molecular weight excluding hydrogens is 162 g/mol. The number of benzene rings is 1. The molecule has 3 heteroatoms. The predicted octanol–water partition coefficient (Wildman–Crippen LogP) is 2.46. The number of nitrogens with zero attached hydrogens (tertiary/aromatic N) is 1. The Bertz CT molecular complexity index is 303. The Balaban J connectivity index is 3.05. The largest absolute Gasteiger partial charge is 0.507 e. The summed E-state index contributed by atoms with van der Waals surface area (Å²) in [7, 11) is 0. The summed E-state index contributed by atoms with van der Waals surface area (Å²) < 4.78 is 0. The van der Waals surface area contributed by atoms with E-state index < -0.39 is 0 Å². The first kappa shape index (κ1) is 7.90. The molecule has 0 radical (unpaired) electrons. The number of phenolic OH excluding ortho intramolecular Hbond substituents is 1. The van der Waals surface area contributed by atoms with Gasteiger partial charge < -0.3 is 9.95 Å². The average molecular weight is 168 g/mol. The van der Waals surface area contributed by atoms with Crippen molar-refractivity contribution in [1.82, 2.24) is 0 Å². The van der Waals surface area contributed by atoms with E-state index in [1.54, 1.807) is 12.1 Å². The third-order valence-corrected chi connectivity index (χ3v) is 1.53. The molecule has 1 N–H and O–H groups in total. The second-order valence-corrected chi connectivity index (χ2v) is 2.53. The summed E-state index contributed by atoms with van der Waals surface area (Å²) in [5.74, 6) is 0.130. The number of aromatic hydroxyl groups is 1. The first-order valence-electron chi connectivity index (χ1n) is 3.04. The van der Waals surface area contributed by atoms with Gasteiger partial charge in [-0.05, 0) is 18.2 Å². The maximum absolute atomic E-state index is 9.16. The zero-order valence-electron chi connectivity index (χ0n) is 5.71. The fourth-order valence-corrected chi connectivity index (χ4v) is 0.961. The topological polar surface area (TPSA) is 24.6 Å². The van der Waals surface area contributed by atoms with Crippen LogP contribution in [-0.4, -0.2) is 5.11 Å². The molecule has 0 saturated carbocycles. The van der Waals surface area contributed by atoms with E-state index >= 15 is 0 Å². The summed E-state index contributed by atoms with van der Waals surface area (Å²) in [6, 6.07) is 4.67. The van der Waals surface area contributed by atoms with Gasteiger partial charge in [-0.2, -0.15) is 0 Å². The van der Waals surface area contributed by atoms with Gasteiger partial charge in [0.05, 0.1) is 5.56 Å². The van der Waals surface area contributed by atoms with Gasteiger partial charge in [-0.25, -0.2) is 6.57 Å². The molecule has 0 saturated heterocycles. The van der Waals surface area contributed by atoms with Gasteiger partial charge in [0.25, 0.3) is 0 Å². The van der Waals surface area contributed by atoms with Crippen LogP contribution in [-0.2, 0) is 6.54 Å². The predicted molar refractivity (Wildman–Crippen MR) is 43.4 cm³/mol. The van der Waals surface area contributed by atoms with E-state index in [0.717, 1.165) is 0 Å². The van der Waals surface area contributed by atoms with Gasteiger partial charge in [-0.1, -0.05) is 11.6 Å². The number of hydrogen-bond acceptors (Lipinski definition) is 1. The standard InChI is InChI=1S/C8H6ClNO/c1-10-5-6-4-7(9)2-3-8(6)11/h2-4,11H,5H2. The van der Waals surface area contributed by atoms with Gasteiger partial charge in [0.2, 0.25) is 6.54 Å². The van der Waals surface area contributed by atoms with Crippen LogP contribution in [0.25, 0.3) is 4.85 Å². The fourth-order valence-electron chi connectivity index (χ4n) is 0.766. The van der Waals surface area contributed by atoms with E-state index in [-0.39, 0.29) is 12.3 Å². The highest BCUT2D eigenvalue weighted by atomic mass is 35.5. The smallest absolute Gasteiger partial charge is 0.243 e. The van der Waals surface area contributed by atoms with Crippen molar-refractivity contribution in [2.24, 2.45) is 0 Å². The summed E-state index contributed by atoms with van der Waals surface area (Å²) in [6.45, 7) is 6.75. The first-order valence-corrected chi connectivity index (χ1v) is 3.42. The van der Waals surface area contributed by atoms with E-state index in [1.165, 1.54) is 6.07 Å². The van der Waals surface area contributed by atoms with Gasteiger partial charge in [0.1, 0.15) is 5.75 Å². The summed E-state index contributed by atoms with van der Waals surface area (Å²) in [6.07, 6.45) is 0. The lowest BCUT2D eigenvalue weighted by atomic mass is 10.2. The van der Waals surface area contributed by atoms with Crippen LogP contribution in [0.2, 0.25) is 5.02 Å². The van der Waals surface area contributed by atoms with Crippen molar-refractivity contribution in [2.45, 2.75) is 6.54 Å². The van der Waals surface area contributed by atoms with Gasteiger partial charge in [0.15, 0.2) is 0 Å². The van der Waals surface area contributed by atoms with Crippen molar-refractivity contribution in [3.8, 4) is 5.75 Å². The van der Waals surface area contributed by atoms with Crippen LogP contribution in [0.5, 0.6) is 5.75 Å². The summed E-state index contributed by atoms with van der Waals surface area (Å²) in [5, 5.41) is 9.71. The van der Waals surface area contributed by atoms with Crippen molar-refractivity contribution in [3.05, 3.63) is 40.2 Å². The van der Waals surface area contributed by atoms with E-state index in [2.05, 4.69) is 4.85 Å². The van der Waals surface area contributed by atoms with Gasteiger partial charge in [-0.3, -0.25) is 0 Å². The number of halogens is 1. The van der Waals surface area contributed by atoms with Crippen LogP contribution in [0.4, 0.5) is 0 Å². The van der Waals surface area contributed by atoms with Crippen LogP contribution < -0.4 is 0 Å². The molecule has 0 atom stereocenters. The minimum Gasteiger partial charge on any atom is -0.507 e. The maximum Gasteiger partial charge on any atom is 0.243 e. The molecule has 1 aromatic carbocycles. The SMILES string of the molecule is [C-]#[N+]Cc1cc(Cl)ccc1O. The monoisotopic (exact) mass is 167 g/mol. The molecule has 0 unspecified atom stereocenters. The van der Waals surface area contributed by atoms with Crippen LogP contribution in [0, 0.1) is 6.57 Å². The molecule has 2 nitrogen and oxygen atoms in total. The van der Waals surface area contributed by atoms with Crippen LogP contribution >= 0.6 is 11.6 Å². The third kappa shape index (κ3) is 1.86. The molecule has 0 aliphatic heterocycles. The molecule has 0 amide bonds. The molecule has 0 fully saturated rings. The highest BCUT2D eigenvalue weighted by Gasteiger charge is 2.02. The van der Waals surface area contributed by atoms with Gasteiger partial charge in [-0.15, -0.1) is 0 Å². The quantitative estimate of drug-likeness (QED) is 0.639. The zero-order chi connectivity index (χ0) is 8.27. The normalized spacial score (nSPS) is 9.09. The highest BCUT2D eigenvalue weighted by Crippen LogP contribution is 2.21. The average Bonchev–Trinajstić information content (AvgIpc) is 1.98. The lowest BCUT2D eigenvalue weighted by Gasteiger charge is -1.96. The summed E-state index contributed by atoms with van der Waals surface area (Å²) in [4.78, 5) is 3.14. The van der Waals surface area contributed by atoms with Gasteiger partial charge in [0, 0.05) is 5.02 Å². The molecule has 1 aromatic rings. The Hall–Kier alpha value is -1.20. The Kier molecular flexibility index (Phi) is 2.35. The minimum atomic E-state index is 0.130. The highest BCUT2D eigenvalue weighted by molar-refractivity contribution is 6.30. The van der Waals surface area contributed by atoms with Crippen molar-refractivity contribution in [2.75, 3.05) is 0 Å². The molecule has 0 aliphatic carbocycles. The van der Waals surface area contributed by atoms with Crippen molar-refractivity contribution in [1.29, 1.82) is 0 Å². The molecular formula is C8H6ClNO. The summed E-state index contributed by atoms with van der Waals surface area (Å²) in [5.41, 5.74) is 0.576. The molecule has 0 aliphatic rings. The Morgan fingerprint density at radius 2 is 2.27 bits per heavy atom. The molecule has 0 heterocycles. The lowest BCUT2D eigenvalue weighted by molar-refractivity contribution is 0.469. The van der Waals surface area contributed by atoms with E-state index in [9.17, 15) is 0 Å². The van der Waals surface area contributed by atoms with E-state index in [4.69, 9.17) is 23.3 Å². The second-order valence-electron chi connectivity index (χ2n) is 2.09. The molecule has 11 heavy (non-hydrogen) atoms. The molecule has 0 aromatic heterocycles. The van der Waals surface area contributed by atoms with Crippen molar-refractivity contribution >= 4 is 11.6 Å². The van der Waals surface area contributed by atoms with Gasteiger partial charge >= 0.3 is 0 Å². The van der Waals surface area contributed by atoms with Crippen LogP contribution in [0.15, 0.2) is 18.2 Å². The molecule has 0 spiro atoms. The van der Waals surface area contributed by atoms with E-state index in [0.29, 0.717) is 10.6 Å². The van der Waals surface area contributed by atoms with Crippen LogP contribution in [0.1, 0.15) is 5.56 Å². The molecule has 56 valence electrons. The Labute approximate surface area is 69.9 Å². The second kappa shape index (κ2) is 3.27. The maximum atomic E-state index is 9.16. The Morgan fingerprint density at radius 3 is 2.91 bits per heavy atom. The lowest BCUT2D eigenvalue weighted by Crippen LogP contribution is -1.79. The fraction of sp³-hybridized carbons (Fsp3) is 0.125. The molecule has 1 rings (SSSR count).